The zero-order valence-corrected chi connectivity index (χ0v) is 13.2. The van der Waals surface area contributed by atoms with E-state index in [0.29, 0.717) is 19.7 Å². The molecule has 4 nitrogen and oxygen atoms in total. The number of aliphatic hydroxyl groups excluding tert-OH is 1. The Labute approximate surface area is 133 Å². The first-order valence-electron chi connectivity index (χ1n) is 7.59. The van der Waals surface area contributed by atoms with Gasteiger partial charge in [0.15, 0.2) is 0 Å². The summed E-state index contributed by atoms with van der Waals surface area (Å²) in [6, 6.07) is 4.85. The lowest BCUT2D eigenvalue weighted by Crippen LogP contribution is -2.50. The van der Waals surface area contributed by atoms with E-state index in [1.165, 1.54) is 12.1 Å². The van der Waals surface area contributed by atoms with Gasteiger partial charge < -0.3 is 14.6 Å². The summed E-state index contributed by atoms with van der Waals surface area (Å²) >= 11 is 0. The molecule has 1 fully saturated rings. The largest absolute Gasteiger partial charge is 0.491 e. The van der Waals surface area contributed by atoms with Crippen LogP contribution in [0.2, 0.25) is 0 Å². The Morgan fingerprint density at radius 1 is 1.39 bits per heavy atom. The summed E-state index contributed by atoms with van der Waals surface area (Å²) in [6.07, 6.45) is -5.09. The molecule has 1 heterocycles. The molecule has 0 saturated carbocycles. The Morgan fingerprint density at radius 3 is 2.83 bits per heavy atom. The van der Waals surface area contributed by atoms with Crippen molar-refractivity contribution >= 4 is 0 Å². The predicted molar refractivity (Wildman–Crippen MR) is 79.4 cm³/mol. The first-order valence-corrected chi connectivity index (χ1v) is 7.59. The van der Waals surface area contributed by atoms with Crippen LogP contribution >= 0.6 is 0 Å². The van der Waals surface area contributed by atoms with Crippen LogP contribution in [0.4, 0.5) is 13.2 Å². The fourth-order valence-electron chi connectivity index (χ4n) is 2.50. The lowest BCUT2D eigenvalue weighted by Gasteiger charge is -2.37. The van der Waals surface area contributed by atoms with Crippen molar-refractivity contribution in [2.75, 3.05) is 26.3 Å². The highest BCUT2D eigenvalue weighted by molar-refractivity contribution is 5.30. The molecule has 3 unspecified atom stereocenters. The molecule has 7 heteroatoms. The van der Waals surface area contributed by atoms with Gasteiger partial charge in [0.1, 0.15) is 18.5 Å². The van der Waals surface area contributed by atoms with Gasteiger partial charge in [-0.15, -0.1) is 0 Å². The molecule has 130 valence electrons. The molecule has 0 bridgehead atoms. The van der Waals surface area contributed by atoms with Gasteiger partial charge in [0.2, 0.25) is 0 Å². The molecule has 3 atom stereocenters. The molecule has 2 rings (SSSR count). The number of halogens is 3. The Hall–Kier alpha value is -1.31. The average molecular weight is 333 g/mol. The third kappa shape index (κ3) is 5.37. The fraction of sp³-hybridized carbons (Fsp3) is 0.625. The van der Waals surface area contributed by atoms with Crippen molar-refractivity contribution in [3.8, 4) is 5.75 Å². The lowest BCUT2D eigenvalue weighted by atomic mass is 10.2. The van der Waals surface area contributed by atoms with E-state index in [-0.39, 0.29) is 24.5 Å². The van der Waals surface area contributed by atoms with Crippen LogP contribution in [0.5, 0.6) is 5.75 Å². The summed E-state index contributed by atoms with van der Waals surface area (Å²) in [6.45, 7) is 5.62. The highest BCUT2D eigenvalue weighted by Gasteiger charge is 2.30. The van der Waals surface area contributed by atoms with Crippen LogP contribution in [0.3, 0.4) is 0 Å². The zero-order valence-electron chi connectivity index (χ0n) is 13.2. The minimum atomic E-state index is -4.41. The molecule has 0 aliphatic carbocycles. The van der Waals surface area contributed by atoms with Gasteiger partial charge in [0.05, 0.1) is 18.3 Å². The van der Waals surface area contributed by atoms with Crippen molar-refractivity contribution in [3.05, 3.63) is 29.8 Å². The van der Waals surface area contributed by atoms with E-state index in [0.717, 1.165) is 12.1 Å². The molecule has 1 aromatic carbocycles. The van der Waals surface area contributed by atoms with Crippen molar-refractivity contribution < 1.29 is 27.8 Å². The van der Waals surface area contributed by atoms with Crippen molar-refractivity contribution in [1.82, 2.24) is 4.90 Å². The maximum Gasteiger partial charge on any atom is 0.416 e. The number of aliphatic hydroxyl groups is 1. The van der Waals surface area contributed by atoms with Gasteiger partial charge in [-0.25, -0.2) is 0 Å². The number of rotatable bonds is 5. The van der Waals surface area contributed by atoms with Crippen LogP contribution in [0, 0.1) is 0 Å². The van der Waals surface area contributed by atoms with Gasteiger partial charge in [-0.2, -0.15) is 13.2 Å². The van der Waals surface area contributed by atoms with Crippen molar-refractivity contribution in [1.29, 1.82) is 0 Å². The molecule has 1 saturated heterocycles. The lowest BCUT2D eigenvalue weighted by molar-refractivity contribution is -0.137. The normalized spacial score (nSPS) is 24.4. The molecule has 1 aliphatic rings. The van der Waals surface area contributed by atoms with Crippen molar-refractivity contribution in [2.24, 2.45) is 0 Å². The minimum Gasteiger partial charge on any atom is -0.491 e. The minimum absolute atomic E-state index is 0.0558. The van der Waals surface area contributed by atoms with Gasteiger partial charge in [-0.05, 0) is 32.0 Å². The van der Waals surface area contributed by atoms with Crippen LogP contribution in [-0.2, 0) is 10.9 Å². The predicted octanol–water partition coefficient (Wildman–Crippen LogP) is 2.55. The Bertz CT molecular complexity index is 510. The van der Waals surface area contributed by atoms with E-state index in [4.69, 9.17) is 9.47 Å². The molecule has 0 spiro atoms. The topological polar surface area (TPSA) is 41.9 Å². The molecule has 1 N–H and O–H groups in total. The number of hydrogen-bond acceptors (Lipinski definition) is 4. The van der Waals surface area contributed by atoms with Crippen LogP contribution in [-0.4, -0.2) is 54.6 Å². The fourth-order valence-corrected chi connectivity index (χ4v) is 2.50. The molecule has 1 aliphatic heterocycles. The van der Waals surface area contributed by atoms with E-state index in [1.54, 1.807) is 0 Å². The summed E-state index contributed by atoms with van der Waals surface area (Å²) in [4.78, 5) is 2.09. The number of β-amino-alcohol motifs (C(OH)–C–C–N with tert-alkyl or cyclic N) is 1. The summed E-state index contributed by atoms with van der Waals surface area (Å²) < 4.78 is 48.7. The van der Waals surface area contributed by atoms with Crippen molar-refractivity contribution in [2.45, 2.75) is 38.3 Å². The number of ether oxygens (including phenoxy) is 2. The third-order valence-corrected chi connectivity index (χ3v) is 3.79. The summed E-state index contributed by atoms with van der Waals surface area (Å²) in [5, 5.41) is 10.1. The molecule has 0 radical (unpaired) electrons. The van der Waals surface area contributed by atoms with E-state index >= 15 is 0 Å². The first-order chi connectivity index (χ1) is 10.8. The first kappa shape index (κ1) is 18.0. The molecular weight excluding hydrogens is 311 g/mol. The molecular formula is C16H22F3NO3. The molecule has 0 amide bonds. The average Bonchev–Trinajstić information content (AvgIpc) is 2.48. The second-order valence-corrected chi connectivity index (χ2v) is 5.94. The molecule has 23 heavy (non-hydrogen) atoms. The highest BCUT2D eigenvalue weighted by atomic mass is 19.4. The van der Waals surface area contributed by atoms with E-state index in [2.05, 4.69) is 4.90 Å². The van der Waals surface area contributed by atoms with Crippen LogP contribution in [0.25, 0.3) is 0 Å². The quantitative estimate of drug-likeness (QED) is 0.899. The standard InChI is InChI=1S/C16H22F3NO3/c1-11-9-22-12(2)7-20(11)8-14(21)10-23-15-5-3-4-13(6-15)16(17,18)19/h3-6,11-12,14,21H,7-10H2,1-2H3. The van der Waals surface area contributed by atoms with Gasteiger partial charge >= 0.3 is 6.18 Å². The van der Waals surface area contributed by atoms with Gasteiger partial charge in [0, 0.05) is 19.1 Å². The Morgan fingerprint density at radius 2 is 2.13 bits per heavy atom. The van der Waals surface area contributed by atoms with Gasteiger partial charge in [0.25, 0.3) is 0 Å². The Balaban J connectivity index is 1.85. The monoisotopic (exact) mass is 333 g/mol. The number of benzene rings is 1. The van der Waals surface area contributed by atoms with Crippen LogP contribution < -0.4 is 4.74 Å². The maximum atomic E-state index is 12.6. The summed E-state index contributed by atoms with van der Waals surface area (Å²) in [5.74, 6) is 0.0993. The van der Waals surface area contributed by atoms with Crippen LogP contribution in [0.15, 0.2) is 24.3 Å². The smallest absolute Gasteiger partial charge is 0.416 e. The maximum absolute atomic E-state index is 12.6. The molecule has 0 aromatic heterocycles. The summed E-state index contributed by atoms with van der Waals surface area (Å²) in [5.41, 5.74) is -0.764. The second kappa shape index (κ2) is 7.51. The highest BCUT2D eigenvalue weighted by Crippen LogP contribution is 2.31. The Kier molecular flexibility index (Phi) is 5.89. The number of alkyl halides is 3. The van der Waals surface area contributed by atoms with E-state index in [9.17, 15) is 18.3 Å². The van der Waals surface area contributed by atoms with E-state index < -0.39 is 17.8 Å². The second-order valence-electron chi connectivity index (χ2n) is 5.94. The number of nitrogens with zero attached hydrogens (tertiary/aromatic N) is 1. The van der Waals surface area contributed by atoms with Crippen LogP contribution in [0.1, 0.15) is 19.4 Å². The third-order valence-electron chi connectivity index (χ3n) is 3.79. The zero-order chi connectivity index (χ0) is 17.0. The van der Waals surface area contributed by atoms with Gasteiger partial charge in [-0.3, -0.25) is 4.90 Å². The number of morpholine rings is 1. The van der Waals surface area contributed by atoms with Crippen molar-refractivity contribution in [3.63, 3.8) is 0 Å². The number of hydrogen-bond donors (Lipinski definition) is 1. The SMILES string of the molecule is CC1CN(CC(O)COc2cccc(C(F)(F)F)c2)C(C)CO1. The van der Waals surface area contributed by atoms with E-state index in [1.807, 2.05) is 13.8 Å². The molecule has 1 aromatic rings. The summed E-state index contributed by atoms with van der Waals surface area (Å²) in [7, 11) is 0. The van der Waals surface area contributed by atoms with Gasteiger partial charge in [-0.1, -0.05) is 6.07 Å².